The first-order valence-electron chi connectivity index (χ1n) is 11.0. The lowest BCUT2D eigenvalue weighted by atomic mass is 9.69. The normalized spacial score (nSPS) is 28.8. The van der Waals surface area contributed by atoms with Gasteiger partial charge in [0.2, 0.25) is 0 Å². The molecule has 5 atom stereocenters. The van der Waals surface area contributed by atoms with E-state index in [1.807, 2.05) is 82.4 Å². The van der Waals surface area contributed by atoms with Crippen molar-refractivity contribution in [1.82, 2.24) is 0 Å². The second kappa shape index (κ2) is 8.72. The smallest absolute Gasteiger partial charge is 0.315 e. The summed E-state index contributed by atoms with van der Waals surface area (Å²) in [6, 6.07) is 18.6. The lowest BCUT2D eigenvalue weighted by molar-refractivity contribution is -0.229. The van der Waals surface area contributed by atoms with Gasteiger partial charge in [0.15, 0.2) is 0 Å². The Balaban J connectivity index is 1.54. The van der Waals surface area contributed by atoms with E-state index in [1.54, 1.807) is 6.92 Å². The topological polar surface area (TPSA) is 71.1 Å². The lowest BCUT2D eigenvalue weighted by Crippen LogP contribution is -2.60. The summed E-state index contributed by atoms with van der Waals surface area (Å²) in [5, 5.41) is 0. The average molecular weight is 436 g/mol. The molecule has 2 bridgehead atoms. The predicted molar refractivity (Wildman–Crippen MR) is 120 cm³/mol. The van der Waals surface area contributed by atoms with Crippen LogP contribution in [-0.4, -0.2) is 43.1 Å². The Hall–Kier alpha value is -2.64. The molecule has 0 spiro atoms. The van der Waals surface area contributed by atoms with Crippen molar-refractivity contribution in [2.75, 3.05) is 0 Å². The molecule has 2 aromatic rings. The van der Waals surface area contributed by atoms with Gasteiger partial charge in [0, 0.05) is 0 Å². The second-order valence-electron chi connectivity index (χ2n) is 9.09. The summed E-state index contributed by atoms with van der Waals surface area (Å²) in [7, 11) is 1.86. The second-order valence-corrected chi connectivity index (χ2v) is 9.09. The van der Waals surface area contributed by atoms with Crippen LogP contribution in [0.4, 0.5) is 0 Å². The number of esters is 2. The minimum absolute atomic E-state index is 0.153. The standard InChI is InChI=1S/C25H29BO6/c1-16(22(27)29-14-17-10-6-4-7-11-17)25-19(20(21(26)32-25)31-24(25,2)3)23(28)30-15-18-12-8-5-9-13-18/h4-13,16,19-21H,14-15,26H2,1-3H3/t16?,19?,20?,21-,25-/m1/s1. The van der Waals surface area contributed by atoms with E-state index in [1.165, 1.54) is 0 Å². The Kier molecular flexibility index (Phi) is 6.14. The van der Waals surface area contributed by atoms with Gasteiger partial charge in [0.1, 0.15) is 32.6 Å². The third-order valence-corrected chi connectivity index (χ3v) is 6.70. The van der Waals surface area contributed by atoms with Crippen LogP contribution in [0.2, 0.25) is 0 Å². The van der Waals surface area contributed by atoms with E-state index in [0.29, 0.717) is 0 Å². The van der Waals surface area contributed by atoms with Gasteiger partial charge in [-0.2, -0.15) is 0 Å². The third kappa shape index (κ3) is 3.84. The Labute approximate surface area is 189 Å². The Morgan fingerprint density at radius 1 is 0.938 bits per heavy atom. The Morgan fingerprint density at radius 2 is 1.47 bits per heavy atom. The summed E-state index contributed by atoms with van der Waals surface area (Å²) >= 11 is 0. The van der Waals surface area contributed by atoms with Gasteiger partial charge in [-0.05, 0) is 31.9 Å². The third-order valence-electron chi connectivity index (χ3n) is 6.70. The molecule has 2 aliphatic heterocycles. The number of fused-ring (bicyclic) bond motifs is 2. The highest BCUT2D eigenvalue weighted by atomic mass is 16.6. The first kappa shape index (κ1) is 22.6. The van der Waals surface area contributed by atoms with Gasteiger partial charge < -0.3 is 18.9 Å². The number of hydrogen-bond acceptors (Lipinski definition) is 6. The summed E-state index contributed by atoms with van der Waals surface area (Å²) in [6.07, 6.45) is -0.488. The van der Waals surface area contributed by atoms with Crippen LogP contribution in [0.3, 0.4) is 0 Å². The molecule has 0 saturated carbocycles. The molecule has 6 nitrogen and oxygen atoms in total. The van der Waals surface area contributed by atoms with Gasteiger partial charge >= 0.3 is 11.9 Å². The minimum atomic E-state index is -1.18. The lowest BCUT2D eigenvalue weighted by Gasteiger charge is -2.46. The van der Waals surface area contributed by atoms with Gasteiger partial charge in [0.05, 0.1) is 23.6 Å². The molecule has 3 unspecified atom stereocenters. The van der Waals surface area contributed by atoms with Crippen LogP contribution in [-0.2, 0) is 41.8 Å². The van der Waals surface area contributed by atoms with Crippen molar-refractivity contribution in [1.29, 1.82) is 0 Å². The molecule has 0 aromatic heterocycles. The van der Waals surface area contributed by atoms with Crippen molar-refractivity contribution in [3.05, 3.63) is 71.8 Å². The van der Waals surface area contributed by atoms with Gasteiger partial charge in [-0.25, -0.2) is 0 Å². The van der Waals surface area contributed by atoms with Crippen LogP contribution in [0.15, 0.2) is 60.7 Å². The van der Waals surface area contributed by atoms with Crippen LogP contribution in [0.25, 0.3) is 0 Å². The summed E-state index contributed by atoms with van der Waals surface area (Å²) in [4.78, 5) is 26.4. The number of carbonyl (C=O) groups excluding carboxylic acids is 2. The fourth-order valence-corrected chi connectivity index (χ4v) is 5.12. The van der Waals surface area contributed by atoms with Crippen molar-refractivity contribution < 1.29 is 28.5 Å². The Morgan fingerprint density at radius 3 is 2.03 bits per heavy atom. The van der Waals surface area contributed by atoms with Gasteiger partial charge in [-0.3, -0.25) is 9.59 Å². The number of ether oxygens (including phenoxy) is 4. The molecule has 2 aliphatic rings. The molecule has 2 fully saturated rings. The van der Waals surface area contributed by atoms with Crippen LogP contribution in [0, 0.1) is 11.8 Å². The SMILES string of the molecule is B[C@@H]1O[C@]2(C(C)C(=O)OCc3ccccc3)C(C(=O)OCc3ccccc3)C1OC2(C)C. The highest BCUT2D eigenvalue weighted by Gasteiger charge is 2.74. The van der Waals surface area contributed by atoms with Crippen molar-refractivity contribution in [3.63, 3.8) is 0 Å². The predicted octanol–water partition coefficient (Wildman–Crippen LogP) is 2.63. The zero-order valence-electron chi connectivity index (χ0n) is 18.9. The number of carbonyl (C=O) groups is 2. The fourth-order valence-electron chi connectivity index (χ4n) is 5.12. The maximum atomic E-state index is 13.3. The molecule has 0 aliphatic carbocycles. The highest BCUT2D eigenvalue weighted by Crippen LogP contribution is 2.57. The zero-order chi connectivity index (χ0) is 22.9. The van der Waals surface area contributed by atoms with Gasteiger partial charge in [-0.1, -0.05) is 60.7 Å². The zero-order valence-corrected chi connectivity index (χ0v) is 18.9. The van der Waals surface area contributed by atoms with E-state index in [2.05, 4.69) is 0 Å². The summed E-state index contributed by atoms with van der Waals surface area (Å²) in [5.74, 6) is -2.31. The molecule has 32 heavy (non-hydrogen) atoms. The maximum absolute atomic E-state index is 13.3. The van der Waals surface area contributed by atoms with Crippen LogP contribution in [0.5, 0.6) is 0 Å². The fraction of sp³-hybridized carbons (Fsp3) is 0.440. The van der Waals surface area contributed by atoms with E-state index in [4.69, 9.17) is 18.9 Å². The van der Waals surface area contributed by atoms with Crippen LogP contribution in [0.1, 0.15) is 31.9 Å². The van der Waals surface area contributed by atoms with Crippen molar-refractivity contribution in [2.45, 2.75) is 57.3 Å². The van der Waals surface area contributed by atoms with Gasteiger partial charge in [-0.15, -0.1) is 0 Å². The van der Waals surface area contributed by atoms with Crippen LogP contribution < -0.4 is 0 Å². The van der Waals surface area contributed by atoms with E-state index in [0.717, 1.165) is 11.1 Å². The molecule has 4 rings (SSSR count). The summed E-state index contributed by atoms with van der Waals surface area (Å²) in [5.41, 5.74) is -0.265. The van der Waals surface area contributed by atoms with Crippen molar-refractivity contribution >= 4 is 19.8 Å². The van der Waals surface area contributed by atoms with E-state index >= 15 is 0 Å². The summed E-state index contributed by atoms with van der Waals surface area (Å²) in [6.45, 7) is 5.77. The molecule has 0 N–H and O–H groups in total. The largest absolute Gasteiger partial charge is 0.461 e. The highest BCUT2D eigenvalue weighted by molar-refractivity contribution is 6.12. The molecule has 0 amide bonds. The maximum Gasteiger partial charge on any atom is 0.315 e. The molecule has 2 heterocycles. The molecule has 168 valence electrons. The number of benzene rings is 2. The number of rotatable bonds is 7. The minimum Gasteiger partial charge on any atom is -0.461 e. The van der Waals surface area contributed by atoms with Crippen molar-refractivity contribution in [2.24, 2.45) is 11.8 Å². The monoisotopic (exact) mass is 436 g/mol. The molecular formula is C25H29BO6. The van der Waals surface area contributed by atoms with E-state index in [9.17, 15) is 9.59 Å². The first-order valence-corrected chi connectivity index (χ1v) is 11.0. The Bertz CT molecular complexity index is 963. The molecule has 2 saturated heterocycles. The first-order chi connectivity index (χ1) is 15.3. The van der Waals surface area contributed by atoms with E-state index in [-0.39, 0.29) is 19.2 Å². The molecule has 7 heteroatoms. The van der Waals surface area contributed by atoms with Crippen molar-refractivity contribution in [3.8, 4) is 0 Å². The van der Waals surface area contributed by atoms with Crippen LogP contribution >= 0.6 is 0 Å². The van der Waals surface area contributed by atoms with Gasteiger partial charge in [0.25, 0.3) is 0 Å². The van der Waals surface area contributed by atoms with E-state index < -0.39 is 41.1 Å². The number of hydrogen-bond donors (Lipinski definition) is 0. The quantitative estimate of drug-likeness (QED) is 0.491. The molecule has 2 aromatic carbocycles. The summed E-state index contributed by atoms with van der Waals surface area (Å²) < 4.78 is 23.9. The molecule has 0 radical (unpaired) electrons. The molecular weight excluding hydrogens is 407 g/mol. The average Bonchev–Trinajstić information content (AvgIpc) is 3.22.